The molecule has 1 rings (SSSR count). The van der Waals surface area contributed by atoms with E-state index in [1.165, 1.54) is 26.0 Å². The van der Waals surface area contributed by atoms with E-state index in [0.717, 1.165) is 6.07 Å². The van der Waals surface area contributed by atoms with E-state index in [1.54, 1.807) is 0 Å². The number of hydrogen-bond acceptors (Lipinski definition) is 2. The average Bonchev–Trinajstić information content (AvgIpc) is 2.13. The minimum Gasteiger partial charge on any atom is -0.211 e. The van der Waals surface area contributed by atoms with Crippen molar-refractivity contribution in [1.82, 2.24) is 0 Å². The maximum Gasteiger partial charge on any atom is 0.235 e. The minimum absolute atomic E-state index is 0.187. The Labute approximate surface area is 80.3 Å². The van der Waals surface area contributed by atoms with Crippen molar-refractivity contribution in [3.8, 4) is 0 Å². The van der Waals surface area contributed by atoms with Crippen LogP contribution in [0.25, 0.3) is 0 Å². The Bertz CT molecular complexity index is 397. The molecule has 0 bridgehead atoms. The Morgan fingerprint density at radius 2 is 2.07 bits per heavy atom. The standard InChI is InChI=1S/C10H9F2NO/c1-6-3-4-8(11)9(10(6)12)7(2)13-5-14/h3-4,7H,1-2H3. The number of isocyanates is 1. The molecule has 1 atom stereocenters. The smallest absolute Gasteiger partial charge is 0.211 e. The zero-order valence-electron chi connectivity index (χ0n) is 7.84. The fourth-order valence-electron chi connectivity index (χ4n) is 1.20. The second-order valence-corrected chi connectivity index (χ2v) is 2.99. The molecule has 0 saturated heterocycles. The molecule has 1 aromatic carbocycles. The molecule has 0 aromatic heterocycles. The molecule has 14 heavy (non-hydrogen) atoms. The van der Waals surface area contributed by atoms with Crippen molar-refractivity contribution in [3.05, 3.63) is 34.9 Å². The number of hydrogen-bond donors (Lipinski definition) is 0. The highest BCUT2D eigenvalue weighted by Crippen LogP contribution is 2.24. The van der Waals surface area contributed by atoms with Crippen LogP contribution in [0.5, 0.6) is 0 Å². The molecule has 0 spiro atoms. The molecule has 1 unspecified atom stereocenters. The quantitative estimate of drug-likeness (QED) is 0.529. The number of benzene rings is 1. The van der Waals surface area contributed by atoms with E-state index in [4.69, 9.17) is 0 Å². The predicted molar refractivity (Wildman–Crippen MR) is 47.6 cm³/mol. The number of halogens is 2. The van der Waals surface area contributed by atoms with Crippen LogP contribution in [0.15, 0.2) is 17.1 Å². The van der Waals surface area contributed by atoms with Gasteiger partial charge in [0.05, 0.1) is 6.04 Å². The van der Waals surface area contributed by atoms with Crippen LogP contribution in [0.2, 0.25) is 0 Å². The zero-order chi connectivity index (χ0) is 10.7. The van der Waals surface area contributed by atoms with Gasteiger partial charge in [-0.05, 0) is 25.5 Å². The van der Waals surface area contributed by atoms with Gasteiger partial charge in [0.2, 0.25) is 6.08 Å². The summed E-state index contributed by atoms with van der Waals surface area (Å²) < 4.78 is 26.6. The van der Waals surface area contributed by atoms with Gasteiger partial charge in [-0.15, -0.1) is 0 Å². The Hall–Kier alpha value is -1.54. The van der Waals surface area contributed by atoms with Crippen LogP contribution in [0.1, 0.15) is 24.1 Å². The first-order valence-electron chi connectivity index (χ1n) is 4.09. The molecule has 0 heterocycles. The topological polar surface area (TPSA) is 29.4 Å². The average molecular weight is 197 g/mol. The third-order valence-corrected chi connectivity index (χ3v) is 1.98. The lowest BCUT2D eigenvalue weighted by Crippen LogP contribution is -2.01. The molecule has 0 amide bonds. The summed E-state index contributed by atoms with van der Waals surface area (Å²) in [6, 6.07) is 1.66. The molecule has 0 aliphatic heterocycles. The second kappa shape index (κ2) is 4.11. The van der Waals surface area contributed by atoms with Crippen LogP contribution in [0, 0.1) is 18.6 Å². The van der Waals surface area contributed by atoms with Crippen molar-refractivity contribution in [3.63, 3.8) is 0 Å². The van der Waals surface area contributed by atoms with Crippen LogP contribution >= 0.6 is 0 Å². The van der Waals surface area contributed by atoms with Crippen molar-refractivity contribution in [1.29, 1.82) is 0 Å². The van der Waals surface area contributed by atoms with Gasteiger partial charge in [0, 0.05) is 5.56 Å². The molecule has 1 aromatic rings. The molecule has 0 saturated carbocycles. The summed E-state index contributed by atoms with van der Waals surface area (Å²) >= 11 is 0. The summed E-state index contributed by atoms with van der Waals surface area (Å²) in [6.07, 6.45) is 1.28. The number of nitrogens with zero attached hydrogens (tertiary/aromatic N) is 1. The normalized spacial score (nSPS) is 12.0. The first kappa shape index (κ1) is 10.5. The summed E-state index contributed by atoms with van der Waals surface area (Å²) in [7, 11) is 0. The summed E-state index contributed by atoms with van der Waals surface area (Å²) in [5, 5.41) is 0. The van der Waals surface area contributed by atoms with Gasteiger partial charge in [0.15, 0.2) is 0 Å². The van der Waals surface area contributed by atoms with E-state index >= 15 is 0 Å². The number of aliphatic imine (C=N–C) groups is 1. The minimum atomic E-state index is -0.840. The van der Waals surface area contributed by atoms with E-state index < -0.39 is 17.7 Å². The van der Waals surface area contributed by atoms with Gasteiger partial charge >= 0.3 is 0 Å². The first-order valence-corrected chi connectivity index (χ1v) is 4.09. The Kier molecular flexibility index (Phi) is 3.10. The number of rotatable bonds is 2. The summed E-state index contributed by atoms with van der Waals surface area (Å²) in [4.78, 5) is 13.2. The third-order valence-electron chi connectivity index (χ3n) is 1.98. The maximum atomic E-state index is 13.4. The van der Waals surface area contributed by atoms with Gasteiger partial charge < -0.3 is 0 Å². The van der Waals surface area contributed by atoms with Crippen molar-refractivity contribution < 1.29 is 13.6 Å². The van der Waals surface area contributed by atoms with Crippen LogP contribution in [0.3, 0.4) is 0 Å². The lowest BCUT2D eigenvalue weighted by molar-refractivity contribution is 0.526. The molecule has 0 fully saturated rings. The van der Waals surface area contributed by atoms with Gasteiger partial charge in [-0.3, -0.25) is 0 Å². The first-order chi connectivity index (χ1) is 6.57. The fraction of sp³-hybridized carbons (Fsp3) is 0.300. The monoisotopic (exact) mass is 197 g/mol. The van der Waals surface area contributed by atoms with Crippen LogP contribution in [-0.2, 0) is 4.79 Å². The molecule has 74 valence electrons. The predicted octanol–water partition coefficient (Wildman–Crippen LogP) is 2.67. The third kappa shape index (κ3) is 1.86. The number of aryl methyl sites for hydroxylation is 1. The van der Waals surface area contributed by atoms with Crippen molar-refractivity contribution in [2.24, 2.45) is 4.99 Å². The lowest BCUT2D eigenvalue weighted by Gasteiger charge is -2.09. The van der Waals surface area contributed by atoms with Gasteiger partial charge in [-0.1, -0.05) is 6.07 Å². The molecular formula is C10H9F2NO. The van der Waals surface area contributed by atoms with Crippen molar-refractivity contribution >= 4 is 6.08 Å². The molecule has 4 heteroatoms. The van der Waals surface area contributed by atoms with Gasteiger partial charge in [0.25, 0.3) is 0 Å². The van der Waals surface area contributed by atoms with Crippen molar-refractivity contribution in [2.75, 3.05) is 0 Å². The highest BCUT2D eigenvalue weighted by Gasteiger charge is 2.16. The number of carbonyl (C=O) groups excluding carboxylic acids is 1. The van der Waals surface area contributed by atoms with Crippen LogP contribution in [-0.4, -0.2) is 6.08 Å². The Balaban J connectivity index is 3.31. The second-order valence-electron chi connectivity index (χ2n) is 2.99. The van der Waals surface area contributed by atoms with Crippen molar-refractivity contribution in [2.45, 2.75) is 19.9 Å². The summed E-state index contributed by atoms with van der Waals surface area (Å²) in [5.41, 5.74) is 0.141. The Morgan fingerprint density at radius 3 is 2.64 bits per heavy atom. The van der Waals surface area contributed by atoms with E-state index in [9.17, 15) is 13.6 Å². The maximum absolute atomic E-state index is 13.4. The van der Waals surface area contributed by atoms with Crippen LogP contribution in [0.4, 0.5) is 8.78 Å². The molecular weight excluding hydrogens is 188 g/mol. The highest BCUT2D eigenvalue weighted by atomic mass is 19.1. The molecule has 0 radical (unpaired) electrons. The van der Waals surface area contributed by atoms with E-state index in [0.29, 0.717) is 5.56 Å². The van der Waals surface area contributed by atoms with Gasteiger partial charge in [-0.25, -0.2) is 13.6 Å². The highest BCUT2D eigenvalue weighted by molar-refractivity contribution is 5.36. The van der Waals surface area contributed by atoms with Crippen LogP contribution < -0.4 is 0 Å². The van der Waals surface area contributed by atoms with E-state index in [2.05, 4.69) is 4.99 Å². The zero-order valence-corrected chi connectivity index (χ0v) is 7.84. The van der Waals surface area contributed by atoms with E-state index in [-0.39, 0.29) is 5.56 Å². The van der Waals surface area contributed by atoms with Gasteiger partial charge in [-0.2, -0.15) is 4.99 Å². The largest absolute Gasteiger partial charge is 0.235 e. The fourth-order valence-corrected chi connectivity index (χ4v) is 1.20. The molecule has 0 N–H and O–H groups in total. The molecule has 0 aliphatic rings. The summed E-state index contributed by atoms with van der Waals surface area (Å²) in [6.45, 7) is 2.96. The van der Waals surface area contributed by atoms with E-state index in [1.807, 2.05) is 0 Å². The molecule has 0 aliphatic carbocycles. The Morgan fingerprint density at radius 1 is 1.43 bits per heavy atom. The molecule has 2 nitrogen and oxygen atoms in total. The lowest BCUT2D eigenvalue weighted by atomic mass is 10.0. The summed E-state index contributed by atoms with van der Waals surface area (Å²) in [5.74, 6) is -1.35. The van der Waals surface area contributed by atoms with Gasteiger partial charge in [0.1, 0.15) is 11.6 Å². The SMILES string of the molecule is Cc1ccc(F)c(C(C)N=C=O)c1F.